The molecule has 0 radical (unpaired) electrons. The van der Waals surface area contributed by atoms with Crippen molar-refractivity contribution < 1.29 is 19.1 Å². The molecule has 1 unspecified atom stereocenters. The lowest BCUT2D eigenvalue weighted by atomic mass is 9.98. The van der Waals surface area contributed by atoms with Crippen molar-refractivity contribution >= 4 is 11.9 Å². The van der Waals surface area contributed by atoms with Crippen molar-refractivity contribution in [2.75, 3.05) is 26.3 Å². The zero-order valence-corrected chi connectivity index (χ0v) is 15.7. The number of cyclic esters (lactones) is 1. The highest BCUT2D eigenvalue weighted by molar-refractivity contribution is 5.95. The summed E-state index contributed by atoms with van der Waals surface area (Å²) in [6.07, 6.45) is -0.378. The summed E-state index contributed by atoms with van der Waals surface area (Å²) in [5.74, 6) is -0.696. The second-order valence-electron chi connectivity index (χ2n) is 7.13. The number of ether oxygens (including phenoxy) is 2. The van der Waals surface area contributed by atoms with E-state index in [1.165, 1.54) is 5.56 Å². The Balaban J connectivity index is 1.38. The first-order valence-corrected chi connectivity index (χ1v) is 9.64. The number of benzene rings is 2. The van der Waals surface area contributed by atoms with Crippen molar-refractivity contribution in [3.63, 3.8) is 0 Å². The van der Waals surface area contributed by atoms with E-state index in [9.17, 15) is 9.59 Å². The van der Waals surface area contributed by atoms with Gasteiger partial charge >= 0.3 is 5.97 Å². The predicted octanol–water partition coefficient (Wildman–Crippen LogP) is 1.92. The standard InChI is InChI=1S/C22H24N2O4/c25-21(20-13-16-5-3-4-8-19(16)22(26)28-20)23-14-17-6-1-2-7-18(17)15-24-9-11-27-12-10-24/h1-8,20H,9-15H2,(H,23,25). The first-order valence-electron chi connectivity index (χ1n) is 9.64. The quantitative estimate of drug-likeness (QED) is 0.803. The topological polar surface area (TPSA) is 67.9 Å². The van der Waals surface area contributed by atoms with Gasteiger partial charge in [0.05, 0.1) is 18.8 Å². The third-order valence-corrected chi connectivity index (χ3v) is 5.25. The van der Waals surface area contributed by atoms with Gasteiger partial charge in [-0.1, -0.05) is 42.5 Å². The first-order chi connectivity index (χ1) is 13.7. The summed E-state index contributed by atoms with van der Waals surface area (Å²) in [6.45, 7) is 4.59. The average molecular weight is 380 g/mol. The van der Waals surface area contributed by atoms with Gasteiger partial charge in [-0.25, -0.2) is 4.79 Å². The monoisotopic (exact) mass is 380 g/mol. The molecule has 2 aromatic carbocycles. The molecule has 4 rings (SSSR count). The van der Waals surface area contributed by atoms with Crippen LogP contribution in [0.5, 0.6) is 0 Å². The highest BCUT2D eigenvalue weighted by Gasteiger charge is 2.30. The summed E-state index contributed by atoms with van der Waals surface area (Å²) in [6, 6.07) is 15.4. The third-order valence-electron chi connectivity index (χ3n) is 5.25. The van der Waals surface area contributed by atoms with Gasteiger partial charge < -0.3 is 14.8 Å². The molecule has 1 atom stereocenters. The van der Waals surface area contributed by atoms with E-state index in [1.54, 1.807) is 12.1 Å². The lowest BCUT2D eigenvalue weighted by Gasteiger charge is -2.27. The summed E-state index contributed by atoms with van der Waals surface area (Å²) >= 11 is 0. The van der Waals surface area contributed by atoms with Gasteiger partial charge in [0.25, 0.3) is 5.91 Å². The van der Waals surface area contributed by atoms with E-state index in [-0.39, 0.29) is 5.91 Å². The van der Waals surface area contributed by atoms with Crippen LogP contribution in [0.15, 0.2) is 48.5 Å². The fourth-order valence-electron chi connectivity index (χ4n) is 3.66. The van der Waals surface area contributed by atoms with Crippen LogP contribution in [0.3, 0.4) is 0 Å². The van der Waals surface area contributed by atoms with E-state index in [0.29, 0.717) is 18.5 Å². The Labute approximate surface area is 164 Å². The number of morpholine rings is 1. The smallest absolute Gasteiger partial charge is 0.339 e. The molecular weight excluding hydrogens is 356 g/mol. The maximum atomic E-state index is 12.6. The van der Waals surface area contributed by atoms with E-state index in [2.05, 4.69) is 16.3 Å². The highest BCUT2D eigenvalue weighted by Crippen LogP contribution is 2.21. The van der Waals surface area contributed by atoms with E-state index < -0.39 is 12.1 Å². The lowest BCUT2D eigenvalue weighted by Crippen LogP contribution is -2.41. The van der Waals surface area contributed by atoms with Crippen molar-refractivity contribution in [3.8, 4) is 0 Å². The van der Waals surface area contributed by atoms with Crippen LogP contribution in [0, 0.1) is 0 Å². The molecule has 2 aliphatic rings. The van der Waals surface area contributed by atoms with Gasteiger partial charge in [-0.05, 0) is 22.8 Å². The molecule has 0 bridgehead atoms. The minimum absolute atomic E-state index is 0.260. The minimum Gasteiger partial charge on any atom is -0.448 e. The van der Waals surface area contributed by atoms with Crippen LogP contribution < -0.4 is 5.32 Å². The Kier molecular flexibility index (Phi) is 5.69. The van der Waals surface area contributed by atoms with Gasteiger partial charge in [0.15, 0.2) is 6.10 Å². The molecule has 28 heavy (non-hydrogen) atoms. The number of rotatable bonds is 5. The molecule has 146 valence electrons. The van der Waals surface area contributed by atoms with Gasteiger partial charge in [0, 0.05) is 32.6 Å². The molecular formula is C22H24N2O4. The fraction of sp³-hybridized carbons (Fsp3) is 0.364. The van der Waals surface area contributed by atoms with Crippen LogP contribution in [-0.2, 0) is 33.8 Å². The van der Waals surface area contributed by atoms with E-state index >= 15 is 0 Å². The van der Waals surface area contributed by atoms with Crippen LogP contribution in [0.1, 0.15) is 27.0 Å². The summed E-state index contributed by atoms with van der Waals surface area (Å²) in [5, 5.41) is 2.94. The van der Waals surface area contributed by atoms with Gasteiger partial charge in [-0.15, -0.1) is 0 Å². The molecule has 0 aliphatic carbocycles. The third kappa shape index (κ3) is 4.24. The Morgan fingerprint density at radius 2 is 1.75 bits per heavy atom. The van der Waals surface area contributed by atoms with Crippen LogP contribution in [0.4, 0.5) is 0 Å². The Morgan fingerprint density at radius 3 is 2.57 bits per heavy atom. The second kappa shape index (κ2) is 8.54. The van der Waals surface area contributed by atoms with Crippen molar-refractivity contribution in [2.24, 2.45) is 0 Å². The van der Waals surface area contributed by atoms with Crippen molar-refractivity contribution in [3.05, 3.63) is 70.8 Å². The number of fused-ring (bicyclic) bond motifs is 1. The summed E-state index contributed by atoms with van der Waals surface area (Å²) in [4.78, 5) is 27.1. The number of hydrogen-bond acceptors (Lipinski definition) is 5. The highest BCUT2D eigenvalue weighted by atomic mass is 16.5. The van der Waals surface area contributed by atoms with Crippen LogP contribution in [-0.4, -0.2) is 49.2 Å². The predicted molar refractivity (Wildman–Crippen MR) is 104 cm³/mol. The molecule has 6 heteroatoms. The molecule has 6 nitrogen and oxygen atoms in total. The van der Waals surface area contributed by atoms with E-state index in [0.717, 1.165) is 44.0 Å². The number of amides is 1. The number of nitrogens with one attached hydrogen (secondary N) is 1. The molecule has 1 saturated heterocycles. The lowest BCUT2D eigenvalue weighted by molar-refractivity contribution is -0.130. The van der Waals surface area contributed by atoms with Crippen LogP contribution in [0.25, 0.3) is 0 Å². The largest absolute Gasteiger partial charge is 0.448 e. The van der Waals surface area contributed by atoms with Crippen molar-refractivity contribution in [2.45, 2.75) is 25.6 Å². The minimum atomic E-state index is -0.784. The molecule has 1 amide bonds. The van der Waals surface area contributed by atoms with Gasteiger partial charge in [0.1, 0.15) is 0 Å². The first kappa shape index (κ1) is 18.7. The van der Waals surface area contributed by atoms with Crippen molar-refractivity contribution in [1.29, 1.82) is 0 Å². The number of esters is 1. The SMILES string of the molecule is O=C1OC(C(=O)NCc2ccccc2CN2CCOCC2)Cc2ccccc21. The van der Waals surface area contributed by atoms with Gasteiger partial charge in [-0.2, -0.15) is 0 Å². The average Bonchev–Trinajstić information content (AvgIpc) is 2.73. The normalized spacial score (nSPS) is 19.6. The summed E-state index contributed by atoms with van der Waals surface area (Å²) in [7, 11) is 0. The van der Waals surface area contributed by atoms with Crippen LogP contribution in [0.2, 0.25) is 0 Å². The summed E-state index contributed by atoms with van der Waals surface area (Å²) < 4.78 is 10.7. The van der Waals surface area contributed by atoms with Gasteiger partial charge in [-0.3, -0.25) is 9.69 Å². The fourth-order valence-corrected chi connectivity index (χ4v) is 3.66. The molecule has 2 aromatic rings. The zero-order valence-electron chi connectivity index (χ0n) is 15.7. The van der Waals surface area contributed by atoms with Gasteiger partial charge in [0.2, 0.25) is 0 Å². The van der Waals surface area contributed by atoms with E-state index in [4.69, 9.17) is 9.47 Å². The Morgan fingerprint density at radius 1 is 1.04 bits per heavy atom. The molecule has 2 heterocycles. The van der Waals surface area contributed by atoms with Crippen molar-refractivity contribution in [1.82, 2.24) is 10.2 Å². The van der Waals surface area contributed by atoms with Crippen LogP contribution >= 0.6 is 0 Å². The number of carbonyl (C=O) groups excluding carboxylic acids is 2. The Hall–Kier alpha value is -2.70. The van der Waals surface area contributed by atoms with E-state index in [1.807, 2.05) is 30.3 Å². The zero-order chi connectivity index (χ0) is 19.3. The molecule has 1 fully saturated rings. The summed E-state index contributed by atoms with van der Waals surface area (Å²) in [5.41, 5.74) is 3.66. The molecule has 0 aromatic heterocycles. The Bertz CT molecular complexity index is 861. The number of hydrogen-bond donors (Lipinski definition) is 1. The second-order valence-corrected chi connectivity index (χ2v) is 7.13. The molecule has 0 spiro atoms. The molecule has 1 N–H and O–H groups in total. The number of nitrogens with zero attached hydrogens (tertiary/aromatic N) is 1. The number of carbonyl (C=O) groups is 2. The molecule has 2 aliphatic heterocycles. The molecule has 0 saturated carbocycles. The maximum absolute atomic E-state index is 12.6. The maximum Gasteiger partial charge on any atom is 0.339 e.